The molecule has 0 heterocycles. The Kier molecular flexibility index (Phi) is 9.94. The number of benzene rings is 2. The van der Waals surface area contributed by atoms with Gasteiger partial charge < -0.3 is 29.5 Å². The van der Waals surface area contributed by atoms with Crippen LogP contribution in [-0.2, 0) is 4.74 Å². The second-order valence-electron chi connectivity index (χ2n) is 7.54. The zero-order valence-electron chi connectivity index (χ0n) is 18.1. The van der Waals surface area contributed by atoms with Gasteiger partial charge in [0.25, 0.3) is 0 Å². The number of methoxy groups -OCH3 is 2. The molecule has 2 rings (SSSR count). The summed E-state index contributed by atoms with van der Waals surface area (Å²) < 4.78 is 16.7. The van der Waals surface area contributed by atoms with Crippen LogP contribution >= 0.6 is 0 Å². The van der Waals surface area contributed by atoms with Crippen molar-refractivity contribution in [3.05, 3.63) is 59.7 Å². The smallest absolute Gasteiger partial charge is 0.126 e. The first-order chi connectivity index (χ1) is 14.0. The SMILES string of the molecule is COc1ccc(C(OC[C@@H](O)C[NH2+]CCC[NH+](C)C)c2ccc(OC)cc2)cc1. The van der Waals surface area contributed by atoms with Crippen LogP contribution in [0, 0.1) is 0 Å². The number of nitrogens with one attached hydrogen (secondary N) is 1. The summed E-state index contributed by atoms with van der Waals surface area (Å²) in [6, 6.07) is 15.7. The Hall–Kier alpha value is -2.12. The predicted octanol–water partition coefficient (Wildman–Crippen LogP) is 0.269. The van der Waals surface area contributed by atoms with E-state index in [9.17, 15) is 5.11 Å². The minimum atomic E-state index is -0.513. The molecule has 0 aliphatic heterocycles. The molecule has 0 fully saturated rings. The highest BCUT2D eigenvalue weighted by atomic mass is 16.5. The first kappa shape index (κ1) is 23.2. The molecule has 0 aliphatic rings. The topological polar surface area (TPSA) is 69.0 Å². The second-order valence-corrected chi connectivity index (χ2v) is 7.54. The van der Waals surface area contributed by atoms with Gasteiger partial charge >= 0.3 is 0 Å². The van der Waals surface area contributed by atoms with Crippen molar-refractivity contribution in [3.8, 4) is 11.5 Å². The average Bonchev–Trinajstić information content (AvgIpc) is 2.74. The van der Waals surface area contributed by atoms with Crippen molar-refractivity contribution in [2.45, 2.75) is 18.6 Å². The summed E-state index contributed by atoms with van der Waals surface area (Å²) in [6.45, 7) is 3.07. The summed E-state index contributed by atoms with van der Waals surface area (Å²) in [5.41, 5.74) is 2.03. The van der Waals surface area contributed by atoms with Crippen LogP contribution in [0.1, 0.15) is 23.7 Å². The number of rotatable bonds is 13. The standard InChI is InChI=1S/C23H34N2O4/c1-25(2)15-5-14-24-16-20(26)17-29-23(18-6-10-21(27-3)11-7-18)19-8-12-22(28-4)13-9-19/h6-13,20,23-24,26H,5,14-17H2,1-4H3/p+2/t20-/m0/s1. The molecule has 2 aromatic rings. The lowest BCUT2D eigenvalue weighted by atomic mass is 10.0. The Balaban J connectivity index is 1.97. The molecule has 0 aromatic heterocycles. The Labute approximate surface area is 174 Å². The Morgan fingerprint density at radius 2 is 1.41 bits per heavy atom. The Morgan fingerprint density at radius 3 is 1.86 bits per heavy atom. The van der Waals surface area contributed by atoms with Gasteiger partial charge in [0.2, 0.25) is 0 Å². The van der Waals surface area contributed by atoms with Crippen LogP contribution in [0.2, 0.25) is 0 Å². The van der Waals surface area contributed by atoms with Gasteiger partial charge in [-0.25, -0.2) is 0 Å². The second kappa shape index (κ2) is 12.4. The fourth-order valence-corrected chi connectivity index (χ4v) is 3.13. The summed E-state index contributed by atoms with van der Waals surface area (Å²) in [5, 5.41) is 12.5. The molecule has 160 valence electrons. The highest BCUT2D eigenvalue weighted by molar-refractivity contribution is 5.36. The normalized spacial score (nSPS) is 12.4. The Bertz CT molecular complexity index is 642. The molecule has 0 aliphatic carbocycles. The zero-order chi connectivity index (χ0) is 21.1. The number of hydrogen-bond donors (Lipinski definition) is 3. The third kappa shape index (κ3) is 8.03. The van der Waals surface area contributed by atoms with Crippen LogP contribution in [0.25, 0.3) is 0 Å². The molecule has 1 atom stereocenters. The molecule has 0 spiro atoms. The summed E-state index contributed by atoms with van der Waals surface area (Å²) in [7, 11) is 7.61. The van der Waals surface area contributed by atoms with Crippen molar-refractivity contribution >= 4 is 0 Å². The molecule has 0 saturated heterocycles. The van der Waals surface area contributed by atoms with E-state index in [0.717, 1.165) is 42.1 Å². The van der Waals surface area contributed by atoms with Gasteiger partial charge in [-0.1, -0.05) is 24.3 Å². The molecule has 0 amide bonds. The minimum Gasteiger partial charge on any atom is -0.497 e. The monoisotopic (exact) mass is 404 g/mol. The van der Waals surface area contributed by atoms with Crippen molar-refractivity contribution in [3.63, 3.8) is 0 Å². The van der Waals surface area contributed by atoms with E-state index in [0.29, 0.717) is 6.54 Å². The maximum atomic E-state index is 10.4. The third-order valence-electron chi connectivity index (χ3n) is 4.82. The van der Waals surface area contributed by atoms with Gasteiger partial charge in [-0.15, -0.1) is 0 Å². The molecule has 29 heavy (non-hydrogen) atoms. The van der Waals surface area contributed by atoms with Gasteiger partial charge in [0.05, 0.1) is 48.0 Å². The van der Waals surface area contributed by atoms with Crippen molar-refractivity contribution < 1.29 is 29.5 Å². The van der Waals surface area contributed by atoms with Crippen molar-refractivity contribution in [2.75, 3.05) is 54.6 Å². The maximum absolute atomic E-state index is 10.4. The number of hydrogen-bond acceptors (Lipinski definition) is 4. The third-order valence-corrected chi connectivity index (χ3v) is 4.82. The van der Waals surface area contributed by atoms with Crippen LogP contribution in [0.4, 0.5) is 0 Å². The van der Waals surface area contributed by atoms with Gasteiger partial charge in [-0.2, -0.15) is 0 Å². The number of aliphatic hydroxyl groups excluding tert-OH is 1. The van der Waals surface area contributed by atoms with E-state index in [2.05, 4.69) is 19.4 Å². The van der Waals surface area contributed by atoms with Gasteiger partial charge in [-0.05, 0) is 35.4 Å². The fraction of sp³-hybridized carbons (Fsp3) is 0.478. The molecule has 6 nitrogen and oxygen atoms in total. The molecule has 0 bridgehead atoms. The molecule has 2 aromatic carbocycles. The van der Waals surface area contributed by atoms with Crippen molar-refractivity contribution in [1.29, 1.82) is 0 Å². The quantitative estimate of drug-likeness (QED) is 0.419. The fourth-order valence-electron chi connectivity index (χ4n) is 3.13. The van der Waals surface area contributed by atoms with E-state index in [1.54, 1.807) is 14.2 Å². The summed E-state index contributed by atoms with van der Waals surface area (Å²) >= 11 is 0. The van der Waals surface area contributed by atoms with E-state index >= 15 is 0 Å². The highest BCUT2D eigenvalue weighted by Gasteiger charge is 2.18. The molecule has 6 heteroatoms. The first-order valence-corrected chi connectivity index (χ1v) is 10.2. The Morgan fingerprint density at radius 1 is 0.897 bits per heavy atom. The summed E-state index contributed by atoms with van der Waals surface area (Å²) in [5.74, 6) is 1.60. The average molecular weight is 405 g/mol. The van der Waals surface area contributed by atoms with E-state index in [1.807, 2.05) is 48.5 Å². The van der Waals surface area contributed by atoms with Crippen molar-refractivity contribution in [2.24, 2.45) is 0 Å². The lowest BCUT2D eigenvalue weighted by Crippen LogP contribution is -3.06. The number of ether oxygens (including phenoxy) is 3. The van der Waals surface area contributed by atoms with Crippen LogP contribution in [0.15, 0.2) is 48.5 Å². The molecular weight excluding hydrogens is 368 g/mol. The molecule has 4 N–H and O–H groups in total. The van der Waals surface area contributed by atoms with E-state index in [1.165, 1.54) is 4.90 Å². The number of nitrogens with two attached hydrogens (primary N) is 1. The van der Waals surface area contributed by atoms with Gasteiger partial charge in [0, 0.05) is 6.42 Å². The van der Waals surface area contributed by atoms with Crippen LogP contribution in [-0.4, -0.2) is 65.8 Å². The molecular formula is C23H36N2O4+2. The van der Waals surface area contributed by atoms with E-state index < -0.39 is 6.10 Å². The highest BCUT2D eigenvalue weighted by Crippen LogP contribution is 2.29. The first-order valence-electron chi connectivity index (χ1n) is 10.2. The van der Waals surface area contributed by atoms with E-state index in [4.69, 9.17) is 14.2 Å². The van der Waals surface area contributed by atoms with Crippen LogP contribution in [0.3, 0.4) is 0 Å². The van der Waals surface area contributed by atoms with E-state index in [-0.39, 0.29) is 12.7 Å². The summed E-state index contributed by atoms with van der Waals surface area (Å²) in [4.78, 5) is 1.45. The van der Waals surface area contributed by atoms with Gasteiger partial charge in [-0.3, -0.25) is 0 Å². The van der Waals surface area contributed by atoms with Crippen LogP contribution in [0.5, 0.6) is 11.5 Å². The predicted molar refractivity (Wildman–Crippen MR) is 114 cm³/mol. The lowest BCUT2D eigenvalue weighted by molar-refractivity contribution is -0.860. The lowest BCUT2D eigenvalue weighted by Gasteiger charge is -2.21. The molecule has 0 saturated carbocycles. The van der Waals surface area contributed by atoms with Crippen molar-refractivity contribution in [1.82, 2.24) is 0 Å². The van der Waals surface area contributed by atoms with Gasteiger partial charge in [0.1, 0.15) is 30.3 Å². The zero-order valence-corrected chi connectivity index (χ0v) is 18.1. The molecule has 0 radical (unpaired) electrons. The summed E-state index contributed by atoms with van der Waals surface area (Å²) in [6.07, 6.45) is 0.357. The van der Waals surface area contributed by atoms with Crippen LogP contribution < -0.4 is 19.7 Å². The number of quaternary nitrogens is 2. The largest absolute Gasteiger partial charge is 0.497 e. The van der Waals surface area contributed by atoms with Gasteiger partial charge in [0.15, 0.2) is 0 Å². The minimum absolute atomic E-state index is 0.265. The number of aliphatic hydroxyl groups is 1. The molecule has 0 unspecified atom stereocenters. The maximum Gasteiger partial charge on any atom is 0.126 e.